The first-order valence-electron chi connectivity index (χ1n) is 6.60. The maximum atomic E-state index is 12.1. The summed E-state index contributed by atoms with van der Waals surface area (Å²) < 4.78 is 0. The van der Waals surface area contributed by atoms with Crippen LogP contribution >= 0.6 is 0 Å². The number of nitrogens with zero attached hydrogens (tertiary/aromatic N) is 1. The molecule has 98 valence electrons. The molecule has 1 fully saturated rings. The number of nitrogens with two attached hydrogens (primary N) is 1. The van der Waals surface area contributed by atoms with E-state index in [9.17, 15) is 4.79 Å². The number of benzene rings is 1. The van der Waals surface area contributed by atoms with Gasteiger partial charge >= 0.3 is 0 Å². The third-order valence-electron chi connectivity index (χ3n) is 3.83. The van der Waals surface area contributed by atoms with Gasteiger partial charge in [0, 0.05) is 19.6 Å². The number of likely N-dealkylation sites (N-methyl/N-ethyl adjacent to an activating group) is 1. The normalized spacial score (nSPS) is 22.4. The molecule has 0 radical (unpaired) electrons. The Labute approximate surface area is 109 Å². The molecule has 0 atom stereocenters. The molecule has 0 bridgehead atoms. The van der Waals surface area contributed by atoms with Gasteiger partial charge in [-0.3, -0.25) is 4.79 Å². The molecule has 1 saturated carbocycles. The van der Waals surface area contributed by atoms with E-state index in [1.165, 1.54) is 5.56 Å². The van der Waals surface area contributed by atoms with Crippen LogP contribution in [0.5, 0.6) is 0 Å². The van der Waals surface area contributed by atoms with Gasteiger partial charge in [0.1, 0.15) is 0 Å². The van der Waals surface area contributed by atoms with Crippen LogP contribution in [0, 0.1) is 12.8 Å². The summed E-state index contributed by atoms with van der Waals surface area (Å²) in [5.74, 6) is 0.801. The number of carbonyl (C=O) groups is 1. The Balaban J connectivity index is 1.86. The molecule has 2 rings (SSSR count). The summed E-state index contributed by atoms with van der Waals surface area (Å²) in [6.07, 6.45) is 2.62. The van der Waals surface area contributed by atoms with E-state index in [0.717, 1.165) is 24.9 Å². The van der Waals surface area contributed by atoms with Gasteiger partial charge in [0.05, 0.1) is 6.42 Å². The number of amides is 1. The van der Waals surface area contributed by atoms with Crippen LogP contribution in [-0.2, 0) is 11.2 Å². The minimum absolute atomic E-state index is 0.199. The fourth-order valence-electron chi connectivity index (χ4n) is 2.53. The third kappa shape index (κ3) is 3.10. The molecule has 0 heterocycles. The molecule has 2 N–H and O–H groups in total. The summed E-state index contributed by atoms with van der Waals surface area (Å²) >= 11 is 0. The van der Waals surface area contributed by atoms with Gasteiger partial charge in [0.2, 0.25) is 5.91 Å². The minimum atomic E-state index is 0.199. The van der Waals surface area contributed by atoms with E-state index in [-0.39, 0.29) is 5.91 Å². The van der Waals surface area contributed by atoms with Crippen LogP contribution in [-0.4, -0.2) is 30.4 Å². The third-order valence-corrected chi connectivity index (χ3v) is 3.83. The molecule has 0 spiro atoms. The molecule has 1 amide bonds. The number of rotatable bonds is 4. The lowest BCUT2D eigenvalue weighted by Gasteiger charge is -2.35. The fourth-order valence-corrected chi connectivity index (χ4v) is 2.53. The van der Waals surface area contributed by atoms with Crippen LogP contribution in [0.4, 0.5) is 0 Å². The van der Waals surface area contributed by atoms with Crippen molar-refractivity contribution in [2.24, 2.45) is 11.7 Å². The average Bonchev–Trinajstić information content (AvgIpc) is 2.30. The molecule has 3 nitrogen and oxygen atoms in total. The second kappa shape index (κ2) is 5.53. The van der Waals surface area contributed by atoms with Crippen LogP contribution in [0.1, 0.15) is 24.0 Å². The van der Waals surface area contributed by atoms with E-state index in [1.807, 2.05) is 43.1 Å². The molecule has 0 unspecified atom stereocenters. The summed E-state index contributed by atoms with van der Waals surface area (Å²) in [7, 11) is 1.89. The van der Waals surface area contributed by atoms with E-state index in [4.69, 9.17) is 5.73 Å². The summed E-state index contributed by atoms with van der Waals surface area (Å²) in [6, 6.07) is 8.42. The van der Waals surface area contributed by atoms with Crippen molar-refractivity contribution in [1.82, 2.24) is 4.90 Å². The average molecular weight is 246 g/mol. The lowest BCUT2D eigenvalue weighted by Crippen LogP contribution is -2.43. The highest BCUT2D eigenvalue weighted by Crippen LogP contribution is 2.26. The molecule has 1 aliphatic carbocycles. The molecule has 3 heteroatoms. The van der Waals surface area contributed by atoms with E-state index < -0.39 is 0 Å². The van der Waals surface area contributed by atoms with Crippen LogP contribution in [0.25, 0.3) is 0 Å². The molecular weight excluding hydrogens is 224 g/mol. The van der Waals surface area contributed by atoms with Crippen LogP contribution in [0.2, 0.25) is 0 Å². The standard InChI is InChI=1S/C15H22N2O/c1-11-5-3-4-6-13(11)9-15(18)17(2)10-12-7-14(16)8-12/h3-6,12,14H,7-10,16H2,1-2H3. The summed E-state index contributed by atoms with van der Waals surface area (Å²) in [6.45, 7) is 2.89. The first kappa shape index (κ1) is 13.1. The van der Waals surface area contributed by atoms with Crippen molar-refractivity contribution in [3.8, 4) is 0 Å². The summed E-state index contributed by atoms with van der Waals surface area (Å²) in [5.41, 5.74) is 8.07. The molecule has 18 heavy (non-hydrogen) atoms. The Hall–Kier alpha value is -1.35. The van der Waals surface area contributed by atoms with Gasteiger partial charge in [-0.25, -0.2) is 0 Å². The van der Waals surface area contributed by atoms with E-state index >= 15 is 0 Å². The van der Waals surface area contributed by atoms with Crippen molar-refractivity contribution < 1.29 is 4.79 Å². The summed E-state index contributed by atoms with van der Waals surface area (Å²) in [5, 5.41) is 0. The van der Waals surface area contributed by atoms with Crippen LogP contribution < -0.4 is 5.73 Å². The van der Waals surface area contributed by atoms with E-state index in [0.29, 0.717) is 18.4 Å². The molecule has 0 aromatic heterocycles. The molecule has 0 saturated heterocycles. The number of carbonyl (C=O) groups excluding carboxylic acids is 1. The highest BCUT2D eigenvalue weighted by molar-refractivity contribution is 5.78. The quantitative estimate of drug-likeness (QED) is 0.879. The van der Waals surface area contributed by atoms with Crippen molar-refractivity contribution in [2.75, 3.05) is 13.6 Å². The van der Waals surface area contributed by atoms with Gasteiger partial charge < -0.3 is 10.6 Å². The SMILES string of the molecule is Cc1ccccc1CC(=O)N(C)CC1CC(N)C1. The predicted octanol–water partition coefficient (Wildman–Crippen LogP) is 1.73. The lowest BCUT2D eigenvalue weighted by molar-refractivity contribution is -0.130. The summed E-state index contributed by atoms with van der Waals surface area (Å²) in [4.78, 5) is 14.0. The second-order valence-electron chi connectivity index (χ2n) is 5.48. The van der Waals surface area contributed by atoms with Crippen molar-refractivity contribution in [2.45, 2.75) is 32.2 Å². The Bertz CT molecular complexity index is 424. The molecular formula is C15H22N2O. The van der Waals surface area contributed by atoms with Crippen LogP contribution in [0.15, 0.2) is 24.3 Å². The molecule has 0 aliphatic heterocycles. The minimum Gasteiger partial charge on any atom is -0.345 e. The zero-order chi connectivity index (χ0) is 13.1. The number of hydrogen-bond donors (Lipinski definition) is 1. The Morgan fingerprint density at radius 3 is 2.67 bits per heavy atom. The first-order valence-corrected chi connectivity index (χ1v) is 6.60. The van der Waals surface area contributed by atoms with Gasteiger partial charge in [0.25, 0.3) is 0 Å². The first-order chi connectivity index (χ1) is 8.56. The molecule has 1 aliphatic rings. The predicted molar refractivity (Wildman–Crippen MR) is 73.2 cm³/mol. The van der Waals surface area contributed by atoms with Gasteiger partial charge in [0.15, 0.2) is 0 Å². The zero-order valence-corrected chi connectivity index (χ0v) is 11.2. The molecule has 1 aromatic rings. The second-order valence-corrected chi connectivity index (χ2v) is 5.48. The topological polar surface area (TPSA) is 46.3 Å². The van der Waals surface area contributed by atoms with Crippen LogP contribution in [0.3, 0.4) is 0 Å². The fraction of sp³-hybridized carbons (Fsp3) is 0.533. The van der Waals surface area contributed by atoms with Gasteiger partial charge in [-0.15, -0.1) is 0 Å². The van der Waals surface area contributed by atoms with Gasteiger partial charge in [-0.05, 0) is 36.8 Å². The Kier molecular flexibility index (Phi) is 4.02. The maximum Gasteiger partial charge on any atom is 0.226 e. The largest absolute Gasteiger partial charge is 0.345 e. The van der Waals surface area contributed by atoms with Gasteiger partial charge in [-0.1, -0.05) is 24.3 Å². The number of aryl methyl sites for hydroxylation is 1. The van der Waals surface area contributed by atoms with E-state index in [1.54, 1.807) is 0 Å². The highest BCUT2D eigenvalue weighted by Gasteiger charge is 2.27. The van der Waals surface area contributed by atoms with Crippen molar-refractivity contribution in [1.29, 1.82) is 0 Å². The zero-order valence-electron chi connectivity index (χ0n) is 11.2. The Morgan fingerprint density at radius 1 is 1.39 bits per heavy atom. The van der Waals surface area contributed by atoms with Crippen molar-refractivity contribution >= 4 is 5.91 Å². The Morgan fingerprint density at radius 2 is 2.06 bits per heavy atom. The van der Waals surface area contributed by atoms with Crippen molar-refractivity contribution in [3.63, 3.8) is 0 Å². The van der Waals surface area contributed by atoms with Crippen molar-refractivity contribution in [3.05, 3.63) is 35.4 Å². The number of hydrogen-bond acceptors (Lipinski definition) is 2. The van der Waals surface area contributed by atoms with Gasteiger partial charge in [-0.2, -0.15) is 0 Å². The maximum absolute atomic E-state index is 12.1. The lowest BCUT2D eigenvalue weighted by atomic mass is 9.80. The van der Waals surface area contributed by atoms with E-state index in [2.05, 4.69) is 0 Å². The highest BCUT2D eigenvalue weighted by atomic mass is 16.2. The molecule has 1 aromatic carbocycles. The monoisotopic (exact) mass is 246 g/mol. The smallest absolute Gasteiger partial charge is 0.226 e.